The van der Waals surface area contributed by atoms with E-state index in [0.717, 1.165) is 6.42 Å². The first-order valence-corrected chi connectivity index (χ1v) is 2.99. The molecule has 0 aliphatic carbocycles. The summed E-state index contributed by atoms with van der Waals surface area (Å²) in [5, 5.41) is 0. The third-order valence-electron chi connectivity index (χ3n) is 1.45. The maximum atomic E-state index is 10.8. The largest absolute Gasteiger partial charge is 0.434 e. The Bertz CT molecular complexity index is 156. The molecule has 1 heterocycles. The summed E-state index contributed by atoms with van der Waals surface area (Å²) in [4.78, 5) is 10.8. The van der Waals surface area contributed by atoms with E-state index in [-0.39, 0.29) is 11.4 Å². The van der Waals surface area contributed by atoms with E-state index in [2.05, 4.69) is 4.74 Å². The Balaban J connectivity index is 2.76. The lowest BCUT2D eigenvalue weighted by atomic mass is 9.89. The van der Waals surface area contributed by atoms with E-state index >= 15 is 0 Å². The maximum absolute atomic E-state index is 10.8. The molecule has 9 heavy (non-hydrogen) atoms. The zero-order valence-electron chi connectivity index (χ0n) is 5.68. The van der Waals surface area contributed by atoms with Crippen LogP contribution in [-0.2, 0) is 9.53 Å². The molecular weight excluding hydrogens is 116 g/mol. The summed E-state index contributed by atoms with van der Waals surface area (Å²) in [6.45, 7) is 3.75. The van der Waals surface area contributed by atoms with Crippen LogP contribution in [0.4, 0.5) is 0 Å². The van der Waals surface area contributed by atoms with Gasteiger partial charge in [0.25, 0.3) is 0 Å². The molecule has 0 aromatic heterocycles. The van der Waals surface area contributed by atoms with Crippen LogP contribution in [0.3, 0.4) is 0 Å². The summed E-state index contributed by atoms with van der Waals surface area (Å²) in [5.41, 5.74) is -0.311. The zero-order chi connectivity index (χ0) is 6.91. The summed E-state index contributed by atoms with van der Waals surface area (Å²) < 4.78 is 4.67. The molecule has 1 aliphatic rings. The number of allylic oxidation sites excluding steroid dienone is 1. The van der Waals surface area contributed by atoms with Crippen LogP contribution in [0.1, 0.15) is 20.3 Å². The van der Waals surface area contributed by atoms with Gasteiger partial charge in [-0.2, -0.15) is 0 Å². The number of ether oxygens (including phenoxy) is 1. The van der Waals surface area contributed by atoms with Crippen molar-refractivity contribution in [2.24, 2.45) is 5.41 Å². The summed E-state index contributed by atoms with van der Waals surface area (Å²) >= 11 is 0. The second-order valence-corrected chi connectivity index (χ2v) is 2.87. The van der Waals surface area contributed by atoms with Gasteiger partial charge in [-0.1, -0.05) is 0 Å². The second-order valence-electron chi connectivity index (χ2n) is 2.87. The van der Waals surface area contributed by atoms with Gasteiger partial charge in [0, 0.05) is 0 Å². The van der Waals surface area contributed by atoms with Crippen molar-refractivity contribution in [1.29, 1.82) is 0 Å². The SMILES string of the molecule is CC1(C)CC=COC1=O. The van der Waals surface area contributed by atoms with Gasteiger partial charge in [0.2, 0.25) is 0 Å². The monoisotopic (exact) mass is 126 g/mol. The number of rotatable bonds is 0. The van der Waals surface area contributed by atoms with E-state index in [0.29, 0.717) is 0 Å². The van der Waals surface area contributed by atoms with Crippen LogP contribution in [0, 0.1) is 5.41 Å². The number of esters is 1. The van der Waals surface area contributed by atoms with Crippen molar-refractivity contribution in [1.82, 2.24) is 0 Å². The van der Waals surface area contributed by atoms with Gasteiger partial charge in [-0.25, -0.2) is 0 Å². The van der Waals surface area contributed by atoms with Crippen molar-refractivity contribution in [3.8, 4) is 0 Å². The van der Waals surface area contributed by atoms with Crippen molar-refractivity contribution in [2.75, 3.05) is 0 Å². The minimum atomic E-state index is -0.311. The summed E-state index contributed by atoms with van der Waals surface area (Å²) in [7, 11) is 0. The van der Waals surface area contributed by atoms with Crippen LogP contribution >= 0.6 is 0 Å². The Kier molecular flexibility index (Phi) is 1.31. The lowest BCUT2D eigenvalue weighted by molar-refractivity contribution is -0.149. The molecule has 0 N–H and O–H groups in total. The van der Waals surface area contributed by atoms with Crippen LogP contribution in [0.15, 0.2) is 12.3 Å². The first-order chi connectivity index (χ1) is 4.13. The Morgan fingerprint density at radius 1 is 1.67 bits per heavy atom. The van der Waals surface area contributed by atoms with Crippen LogP contribution < -0.4 is 0 Å². The van der Waals surface area contributed by atoms with Crippen LogP contribution in [0.2, 0.25) is 0 Å². The number of carbonyl (C=O) groups excluding carboxylic acids is 1. The average molecular weight is 126 g/mol. The van der Waals surface area contributed by atoms with Gasteiger partial charge in [-0.3, -0.25) is 4.79 Å². The topological polar surface area (TPSA) is 26.3 Å². The second kappa shape index (κ2) is 1.87. The predicted molar refractivity (Wildman–Crippen MR) is 33.6 cm³/mol. The molecule has 1 rings (SSSR count). The predicted octanol–water partition coefficient (Wildman–Crippen LogP) is 1.47. The minimum Gasteiger partial charge on any atom is -0.434 e. The third-order valence-corrected chi connectivity index (χ3v) is 1.45. The van der Waals surface area contributed by atoms with Gasteiger partial charge in [0.05, 0.1) is 11.7 Å². The van der Waals surface area contributed by atoms with Gasteiger partial charge in [-0.05, 0) is 26.3 Å². The van der Waals surface area contributed by atoms with Gasteiger partial charge < -0.3 is 4.74 Å². The van der Waals surface area contributed by atoms with Crippen molar-refractivity contribution in [3.63, 3.8) is 0 Å². The van der Waals surface area contributed by atoms with E-state index in [1.807, 2.05) is 19.9 Å². The molecule has 2 heteroatoms. The van der Waals surface area contributed by atoms with Crippen molar-refractivity contribution >= 4 is 5.97 Å². The molecule has 0 aromatic rings. The molecule has 0 aromatic carbocycles. The van der Waals surface area contributed by atoms with Crippen molar-refractivity contribution in [3.05, 3.63) is 12.3 Å². The highest BCUT2D eigenvalue weighted by atomic mass is 16.5. The number of hydrogen-bond donors (Lipinski definition) is 0. The lowest BCUT2D eigenvalue weighted by Gasteiger charge is -2.22. The molecule has 2 nitrogen and oxygen atoms in total. The van der Waals surface area contributed by atoms with E-state index < -0.39 is 0 Å². The van der Waals surface area contributed by atoms with E-state index in [4.69, 9.17) is 0 Å². The summed E-state index contributed by atoms with van der Waals surface area (Å²) in [6.07, 6.45) is 4.10. The molecule has 0 radical (unpaired) electrons. The Hall–Kier alpha value is -0.790. The third kappa shape index (κ3) is 1.12. The highest BCUT2D eigenvalue weighted by molar-refractivity contribution is 5.77. The molecule has 0 fully saturated rings. The molecule has 0 atom stereocenters. The summed E-state index contributed by atoms with van der Waals surface area (Å²) in [6, 6.07) is 0. The fourth-order valence-corrected chi connectivity index (χ4v) is 0.696. The fourth-order valence-electron chi connectivity index (χ4n) is 0.696. The summed E-state index contributed by atoms with van der Waals surface area (Å²) in [5.74, 6) is -0.134. The number of hydrogen-bond acceptors (Lipinski definition) is 2. The Morgan fingerprint density at radius 2 is 2.33 bits per heavy atom. The van der Waals surface area contributed by atoms with Crippen LogP contribution in [0.5, 0.6) is 0 Å². The van der Waals surface area contributed by atoms with E-state index in [9.17, 15) is 4.79 Å². The van der Waals surface area contributed by atoms with Gasteiger partial charge in [-0.15, -0.1) is 0 Å². The standard InChI is InChI=1S/C7H10O2/c1-7(2)4-3-5-9-6(7)8/h3,5H,4H2,1-2H3. The van der Waals surface area contributed by atoms with E-state index in [1.165, 1.54) is 6.26 Å². The highest BCUT2D eigenvalue weighted by Gasteiger charge is 2.29. The van der Waals surface area contributed by atoms with Crippen molar-refractivity contribution < 1.29 is 9.53 Å². The quantitative estimate of drug-likeness (QED) is 0.459. The molecule has 0 saturated heterocycles. The van der Waals surface area contributed by atoms with Crippen LogP contribution in [-0.4, -0.2) is 5.97 Å². The normalized spacial score (nSPS) is 23.6. The Labute approximate surface area is 54.5 Å². The average Bonchev–Trinajstić information content (AvgIpc) is 1.77. The molecule has 0 spiro atoms. The minimum absolute atomic E-state index is 0.134. The molecular formula is C7H10O2. The molecule has 0 unspecified atom stereocenters. The van der Waals surface area contributed by atoms with Crippen LogP contribution in [0.25, 0.3) is 0 Å². The maximum Gasteiger partial charge on any atom is 0.316 e. The lowest BCUT2D eigenvalue weighted by Crippen LogP contribution is -2.26. The van der Waals surface area contributed by atoms with E-state index in [1.54, 1.807) is 0 Å². The van der Waals surface area contributed by atoms with Gasteiger partial charge >= 0.3 is 5.97 Å². The smallest absolute Gasteiger partial charge is 0.316 e. The Morgan fingerprint density at radius 3 is 2.67 bits per heavy atom. The van der Waals surface area contributed by atoms with Gasteiger partial charge in [0.1, 0.15) is 0 Å². The molecule has 1 aliphatic heterocycles. The van der Waals surface area contributed by atoms with Crippen molar-refractivity contribution in [2.45, 2.75) is 20.3 Å². The first-order valence-electron chi connectivity index (χ1n) is 2.99. The first kappa shape index (κ1) is 6.33. The molecule has 0 amide bonds. The molecule has 0 bridgehead atoms. The number of cyclic esters (lactones) is 1. The zero-order valence-corrected chi connectivity index (χ0v) is 5.68. The number of carbonyl (C=O) groups is 1. The van der Waals surface area contributed by atoms with Gasteiger partial charge in [0.15, 0.2) is 0 Å². The fraction of sp³-hybridized carbons (Fsp3) is 0.571. The molecule has 0 saturated carbocycles. The highest BCUT2D eigenvalue weighted by Crippen LogP contribution is 2.25. The molecule has 50 valence electrons.